The van der Waals surface area contributed by atoms with Crippen molar-refractivity contribution >= 4 is 44.9 Å². The average molecular weight is 448 g/mol. The highest BCUT2D eigenvalue weighted by Gasteiger charge is 2.30. The molecule has 3 aromatic heterocycles. The summed E-state index contributed by atoms with van der Waals surface area (Å²) in [4.78, 5) is 58.5. The largest absolute Gasteiger partial charge is 0.384 e. The number of aryl methyl sites for hydroxylation is 2. The molecule has 0 aliphatic heterocycles. The van der Waals surface area contributed by atoms with E-state index in [1.807, 2.05) is 20.8 Å². The van der Waals surface area contributed by atoms with Gasteiger partial charge in [0.25, 0.3) is 11.1 Å². The summed E-state index contributed by atoms with van der Waals surface area (Å²) >= 11 is 2.52. The van der Waals surface area contributed by atoms with Gasteiger partial charge in [-0.1, -0.05) is 11.8 Å². The van der Waals surface area contributed by atoms with Crippen LogP contribution >= 0.6 is 23.1 Å². The Bertz CT molecular complexity index is 1360. The highest BCUT2D eigenvalue weighted by molar-refractivity contribution is 7.99. The number of ketones is 1. The van der Waals surface area contributed by atoms with Crippen molar-refractivity contribution < 1.29 is 4.79 Å². The lowest BCUT2D eigenvalue weighted by molar-refractivity contribution is 0.102. The molecule has 1 aliphatic rings. The van der Waals surface area contributed by atoms with E-state index >= 15 is 0 Å². The molecule has 0 spiro atoms. The fraction of sp³-hybridized carbons (Fsp3) is 0.421. The molecule has 0 bridgehead atoms. The fourth-order valence-corrected chi connectivity index (χ4v) is 5.44. The van der Waals surface area contributed by atoms with Crippen molar-refractivity contribution in [2.45, 2.75) is 51.4 Å². The molecular formula is C19H21N5O4S2. The lowest BCUT2D eigenvalue weighted by atomic mass is 10.2. The zero-order valence-electron chi connectivity index (χ0n) is 16.8. The molecule has 3 aromatic rings. The van der Waals surface area contributed by atoms with Gasteiger partial charge in [-0.05, 0) is 39.2 Å². The molecule has 3 N–H and O–H groups in total. The molecule has 0 saturated heterocycles. The summed E-state index contributed by atoms with van der Waals surface area (Å²) in [6.07, 6.45) is 1.57. The number of H-pyrrole nitrogens is 1. The number of nitrogens with zero attached hydrogens (tertiary/aromatic N) is 3. The number of nitrogens with one attached hydrogen (secondary N) is 1. The van der Waals surface area contributed by atoms with Crippen LogP contribution in [0.2, 0.25) is 0 Å². The normalized spacial score (nSPS) is 13.8. The highest BCUT2D eigenvalue weighted by Crippen LogP contribution is 2.35. The van der Waals surface area contributed by atoms with E-state index in [0.717, 1.165) is 35.0 Å². The maximum absolute atomic E-state index is 12.9. The number of thiophene rings is 1. The fourth-order valence-electron chi connectivity index (χ4n) is 3.43. The van der Waals surface area contributed by atoms with Crippen LogP contribution in [0.25, 0.3) is 10.2 Å². The van der Waals surface area contributed by atoms with Gasteiger partial charge in [0.2, 0.25) is 0 Å². The van der Waals surface area contributed by atoms with Gasteiger partial charge in [-0.25, -0.2) is 9.78 Å². The Kier molecular flexibility index (Phi) is 5.18. The molecule has 30 heavy (non-hydrogen) atoms. The molecule has 0 radical (unpaired) electrons. The minimum absolute atomic E-state index is 0.0757. The second-order valence-electron chi connectivity index (χ2n) is 7.24. The number of aromatic amines is 1. The number of carbonyl (C=O) groups excluding carboxylic acids is 1. The van der Waals surface area contributed by atoms with E-state index in [2.05, 4.69) is 9.97 Å². The average Bonchev–Trinajstić information content (AvgIpc) is 3.45. The quantitative estimate of drug-likeness (QED) is 0.335. The summed E-state index contributed by atoms with van der Waals surface area (Å²) in [5.74, 6) is -0.737. The highest BCUT2D eigenvalue weighted by atomic mass is 32.2. The van der Waals surface area contributed by atoms with Gasteiger partial charge in [0.05, 0.1) is 11.1 Å². The third-order valence-corrected chi connectivity index (χ3v) is 7.35. The second-order valence-corrected chi connectivity index (χ2v) is 9.39. The summed E-state index contributed by atoms with van der Waals surface area (Å²) in [6, 6.07) is -0.0757. The number of hydrogen-bond donors (Lipinski definition) is 2. The minimum atomic E-state index is -0.791. The molecule has 1 saturated carbocycles. The molecule has 0 atom stereocenters. The van der Waals surface area contributed by atoms with Crippen molar-refractivity contribution in [2.75, 3.05) is 11.5 Å². The molecular weight excluding hydrogens is 426 g/mol. The van der Waals surface area contributed by atoms with Gasteiger partial charge in [0.1, 0.15) is 16.2 Å². The van der Waals surface area contributed by atoms with Crippen LogP contribution in [-0.2, 0) is 6.54 Å². The van der Waals surface area contributed by atoms with Gasteiger partial charge in [0.15, 0.2) is 10.9 Å². The van der Waals surface area contributed by atoms with Crippen molar-refractivity contribution in [3.8, 4) is 0 Å². The predicted molar refractivity (Wildman–Crippen MR) is 118 cm³/mol. The van der Waals surface area contributed by atoms with Crippen LogP contribution in [0.3, 0.4) is 0 Å². The van der Waals surface area contributed by atoms with E-state index in [4.69, 9.17) is 5.73 Å². The van der Waals surface area contributed by atoms with Crippen LogP contribution in [0.15, 0.2) is 19.5 Å². The van der Waals surface area contributed by atoms with E-state index < -0.39 is 17.0 Å². The van der Waals surface area contributed by atoms with Gasteiger partial charge >= 0.3 is 5.69 Å². The lowest BCUT2D eigenvalue weighted by Gasteiger charge is -2.12. The third-order valence-electron chi connectivity index (χ3n) is 5.28. The van der Waals surface area contributed by atoms with E-state index in [-0.39, 0.29) is 28.7 Å². The Balaban J connectivity index is 1.69. The first kappa shape index (κ1) is 20.6. The Hall–Kier alpha value is -2.66. The van der Waals surface area contributed by atoms with Crippen LogP contribution in [-0.4, -0.2) is 30.6 Å². The number of nitrogens with two attached hydrogens (primary N) is 1. The molecule has 1 aliphatic carbocycles. The minimum Gasteiger partial charge on any atom is -0.384 e. The van der Waals surface area contributed by atoms with Crippen molar-refractivity contribution in [3.05, 3.63) is 47.2 Å². The molecule has 0 aromatic carbocycles. The van der Waals surface area contributed by atoms with Crippen molar-refractivity contribution in [1.82, 2.24) is 19.1 Å². The number of Topliss-reactive ketones (excluding diaryl/α,β-unsaturated/α-hetero) is 1. The molecule has 3 heterocycles. The van der Waals surface area contributed by atoms with Crippen LogP contribution in [0.5, 0.6) is 0 Å². The van der Waals surface area contributed by atoms with E-state index in [1.54, 1.807) is 0 Å². The molecule has 1 fully saturated rings. The van der Waals surface area contributed by atoms with Crippen LogP contribution in [0.1, 0.15) is 46.6 Å². The van der Waals surface area contributed by atoms with Crippen LogP contribution < -0.4 is 22.5 Å². The number of rotatable bonds is 6. The Labute approximate surface area is 178 Å². The zero-order valence-corrected chi connectivity index (χ0v) is 18.4. The summed E-state index contributed by atoms with van der Waals surface area (Å²) in [7, 11) is 0. The van der Waals surface area contributed by atoms with Crippen molar-refractivity contribution in [2.24, 2.45) is 0 Å². The van der Waals surface area contributed by atoms with Crippen molar-refractivity contribution in [1.29, 1.82) is 0 Å². The molecule has 11 heteroatoms. The maximum atomic E-state index is 12.9. The first-order valence-corrected chi connectivity index (χ1v) is 11.4. The number of anilines is 1. The number of carbonyl (C=O) groups is 1. The third kappa shape index (κ3) is 3.31. The van der Waals surface area contributed by atoms with Crippen LogP contribution in [0, 0.1) is 13.8 Å². The summed E-state index contributed by atoms with van der Waals surface area (Å²) in [5, 5.41) is 1.02. The Morgan fingerprint density at radius 3 is 2.63 bits per heavy atom. The van der Waals surface area contributed by atoms with E-state index in [9.17, 15) is 19.2 Å². The number of aromatic nitrogens is 4. The Morgan fingerprint density at radius 2 is 2.00 bits per heavy atom. The van der Waals surface area contributed by atoms with E-state index in [1.165, 1.54) is 20.5 Å². The smallest absolute Gasteiger partial charge is 0.330 e. The standard InChI is InChI=1S/C19H21N5O4S2/c1-4-23-17(27)12-8(2)9(3)30-16(12)22-19(23)29-7-11(25)13-14(20)24(10-5-6-10)18(28)21-15(13)26/h10H,4-7,20H2,1-3H3,(H,21,26,28). The lowest BCUT2D eigenvalue weighted by Crippen LogP contribution is -2.36. The second kappa shape index (κ2) is 7.55. The van der Waals surface area contributed by atoms with Gasteiger partial charge in [-0.3, -0.25) is 28.5 Å². The molecule has 9 nitrogen and oxygen atoms in total. The Morgan fingerprint density at radius 1 is 1.30 bits per heavy atom. The first-order chi connectivity index (χ1) is 14.2. The van der Waals surface area contributed by atoms with Gasteiger partial charge in [-0.15, -0.1) is 11.3 Å². The topological polar surface area (TPSA) is 133 Å². The predicted octanol–water partition coefficient (Wildman–Crippen LogP) is 1.84. The SMILES string of the molecule is CCn1c(SCC(=O)c2c(N)n(C3CC3)c(=O)[nH]c2=O)nc2sc(C)c(C)c2c1=O. The molecule has 0 unspecified atom stereocenters. The van der Waals surface area contributed by atoms with Gasteiger partial charge in [-0.2, -0.15) is 0 Å². The van der Waals surface area contributed by atoms with E-state index in [0.29, 0.717) is 21.9 Å². The number of nitrogen functional groups attached to an aromatic ring is 1. The van der Waals surface area contributed by atoms with Gasteiger partial charge in [0, 0.05) is 17.5 Å². The zero-order chi connectivity index (χ0) is 21.7. The number of hydrogen-bond acceptors (Lipinski definition) is 8. The number of fused-ring (bicyclic) bond motifs is 1. The van der Waals surface area contributed by atoms with Crippen molar-refractivity contribution in [3.63, 3.8) is 0 Å². The maximum Gasteiger partial charge on any atom is 0.330 e. The summed E-state index contributed by atoms with van der Waals surface area (Å²) in [6.45, 7) is 6.08. The molecule has 0 amide bonds. The summed E-state index contributed by atoms with van der Waals surface area (Å²) < 4.78 is 2.81. The summed E-state index contributed by atoms with van der Waals surface area (Å²) in [5.41, 5.74) is 5.19. The molecule has 4 rings (SSSR count). The monoisotopic (exact) mass is 447 g/mol. The van der Waals surface area contributed by atoms with Crippen LogP contribution in [0.4, 0.5) is 5.82 Å². The first-order valence-electron chi connectivity index (χ1n) is 9.55. The van der Waals surface area contributed by atoms with Gasteiger partial charge < -0.3 is 5.73 Å². The number of thioether (sulfide) groups is 1. The molecule has 158 valence electrons.